The number of benzene rings is 2. The van der Waals surface area contributed by atoms with E-state index in [1.165, 1.54) is 20.2 Å². The zero-order valence-corrected chi connectivity index (χ0v) is 36.0. The number of nitrogens with zero attached hydrogens (tertiary/aromatic N) is 2. The van der Waals surface area contributed by atoms with Crippen LogP contribution in [0.4, 0.5) is 0 Å². The van der Waals surface area contributed by atoms with Crippen LogP contribution in [0.2, 0.25) is 0 Å². The molecule has 1 fully saturated rings. The number of dihydropyridines is 2. The van der Waals surface area contributed by atoms with Gasteiger partial charge in [-0.3, -0.25) is 29.1 Å². The van der Waals surface area contributed by atoms with Gasteiger partial charge >= 0.3 is 0 Å². The second kappa shape index (κ2) is 18.9. The number of fused-ring (bicyclic) bond motifs is 2. The van der Waals surface area contributed by atoms with Crippen LogP contribution >= 0.6 is 0 Å². The lowest BCUT2D eigenvalue weighted by Crippen LogP contribution is -2.68. The van der Waals surface area contributed by atoms with Crippen LogP contribution < -0.4 is 42.6 Å². The molecule has 1 saturated heterocycles. The average Bonchev–Trinajstić information content (AvgIpc) is 3.61. The molecule has 346 valence electrons. The second-order valence-corrected chi connectivity index (χ2v) is 16.3. The molecule has 0 saturated carbocycles. The summed E-state index contributed by atoms with van der Waals surface area (Å²) < 4.78 is 17.9. The molecule has 14 N–H and O–H groups in total. The number of carbonyl (C=O) groups is 4. The number of nitrogens with two attached hydrogens (primary N) is 3. The second-order valence-electron chi connectivity index (χ2n) is 16.3. The van der Waals surface area contributed by atoms with E-state index in [0.717, 1.165) is 22.6 Å². The van der Waals surface area contributed by atoms with E-state index in [1.54, 1.807) is 37.4 Å². The molecule has 20 nitrogen and oxygen atoms in total. The third-order valence-corrected chi connectivity index (χ3v) is 12.4. The minimum absolute atomic E-state index is 0.0585. The number of aromatic hydroxyl groups is 1. The fourth-order valence-corrected chi connectivity index (χ4v) is 8.90. The number of imide groups is 1. The zero-order valence-electron chi connectivity index (χ0n) is 36.0. The molecule has 7 rings (SSSR count). The highest BCUT2D eigenvalue weighted by Crippen LogP contribution is 2.46. The molecule has 0 aromatic heterocycles. The normalized spacial score (nSPS) is 25.5. The van der Waals surface area contributed by atoms with E-state index < -0.39 is 78.3 Å². The summed E-state index contributed by atoms with van der Waals surface area (Å²) in [4.78, 5) is 59.8. The van der Waals surface area contributed by atoms with Gasteiger partial charge in [-0.25, -0.2) is 0 Å². The number of guanidine groups is 1. The van der Waals surface area contributed by atoms with Crippen molar-refractivity contribution in [3.8, 4) is 17.2 Å². The number of aliphatic hydroxyl groups excluding tert-OH is 3. The molecule has 2 amide bonds. The lowest BCUT2D eigenvalue weighted by atomic mass is 9.75. The van der Waals surface area contributed by atoms with Gasteiger partial charge in [0.15, 0.2) is 11.7 Å². The van der Waals surface area contributed by atoms with Crippen LogP contribution in [0.3, 0.4) is 0 Å². The summed E-state index contributed by atoms with van der Waals surface area (Å²) >= 11 is 0. The first-order chi connectivity index (χ1) is 31.0. The third-order valence-electron chi connectivity index (χ3n) is 12.4. The van der Waals surface area contributed by atoms with Crippen molar-refractivity contribution in [2.45, 2.75) is 75.5 Å². The van der Waals surface area contributed by atoms with Gasteiger partial charge in [-0.2, -0.15) is 0 Å². The van der Waals surface area contributed by atoms with Gasteiger partial charge in [0.1, 0.15) is 41.2 Å². The molecule has 7 atom stereocenters. The summed E-state index contributed by atoms with van der Waals surface area (Å²) in [5, 5.41) is 67.2. The maximum absolute atomic E-state index is 14.9. The van der Waals surface area contributed by atoms with Crippen LogP contribution in [0.25, 0.3) is 0 Å². The van der Waals surface area contributed by atoms with Gasteiger partial charge in [0.2, 0.25) is 12.1 Å². The summed E-state index contributed by atoms with van der Waals surface area (Å²) in [5.74, 6) is -3.88. The number of amides is 2. The predicted molar refractivity (Wildman–Crippen MR) is 234 cm³/mol. The van der Waals surface area contributed by atoms with Crippen LogP contribution in [-0.4, -0.2) is 130 Å². The van der Waals surface area contributed by atoms with E-state index in [2.05, 4.69) is 20.9 Å². The number of allylic oxidation sites excluding steroid dienone is 3. The Kier molecular flexibility index (Phi) is 13.5. The first-order valence-electron chi connectivity index (χ1n) is 21.1. The van der Waals surface area contributed by atoms with Gasteiger partial charge in [0.05, 0.1) is 36.8 Å². The van der Waals surface area contributed by atoms with Gasteiger partial charge in [-0.05, 0) is 60.6 Å². The topological polar surface area (TPSA) is 327 Å². The maximum Gasteiger partial charge on any atom is 0.253 e. The first-order valence-corrected chi connectivity index (χ1v) is 21.1. The lowest BCUT2D eigenvalue weighted by molar-refractivity contribution is -0.316. The van der Waals surface area contributed by atoms with Crippen LogP contribution in [0.15, 0.2) is 76.7 Å². The Morgan fingerprint density at radius 1 is 1.06 bits per heavy atom. The van der Waals surface area contributed by atoms with Crippen molar-refractivity contribution in [3.05, 3.63) is 111 Å². The van der Waals surface area contributed by atoms with Crippen molar-refractivity contribution in [2.75, 3.05) is 33.9 Å². The Balaban J connectivity index is 1.24. The van der Waals surface area contributed by atoms with E-state index in [0.29, 0.717) is 29.5 Å². The molecular formula is C45H54N8O12. The fraction of sp³-hybridized carbons (Fsp3) is 0.400. The number of aliphatic imine (C=N–C) groups is 1. The van der Waals surface area contributed by atoms with Crippen molar-refractivity contribution >= 4 is 29.3 Å². The number of hydrogen-bond acceptors (Lipinski definition) is 17. The highest BCUT2D eigenvalue weighted by atomic mass is 16.7. The number of hydrogen-bond donors (Lipinski definition) is 11. The third kappa shape index (κ3) is 8.83. The van der Waals surface area contributed by atoms with Crippen LogP contribution in [0.1, 0.15) is 68.3 Å². The smallest absolute Gasteiger partial charge is 0.253 e. The van der Waals surface area contributed by atoms with Crippen molar-refractivity contribution < 1.29 is 58.9 Å². The van der Waals surface area contributed by atoms with Gasteiger partial charge in [-0.15, -0.1) is 0 Å². The summed E-state index contributed by atoms with van der Waals surface area (Å²) in [7, 11) is 2.83. The molecule has 0 radical (unpaired) electrons. The molecule has 65 heavy (non-hydrogen) atoms. The molecule has 2 aromatic carbocycles. The number of carbonyl (C=O) groups excluding carboxylic acids is 4. The van der Waals surface area contributed by atoms with Crippen molar-refractivity contribution in [1.82, 2.24) is 20.9 Å². The quantitative estimate of drug-likeness (QED) is 0.0487. The van der Waals surface area contributed by atoms with Crippen LogP contribution in [0, 0.1) is 5.92 Å². The molecule has 20 heteroatoms. The molecule has 4 aliphatic heterocycles. The standard InChI is InChI=1S/C45H54N8O12/c1-4-25-28(63-3)15-29(37-35(25)38(57)26-13-23(7-5-21-6-8-31(46)51-17-21)27(18-52-44(48)49-2)39(58)36(26)40(37)59)64-43-41(60)42(61)45(62,30(20-54)65-43)16-24(22-11-12-50-32(47)14-22)19-53-33(55)9-10-34(53)56/h6,8-11,13-15,17,24,30-31,41-43,50-51,54,58,60-62H,4-5,7,12,16,18-20,46-47H2,1-3H3,(H3,48,49,52). The monoisotopic (exact) mass is 898 g/mol. The number of phenols is 1. The van der Waals surface area contributed by atoms with Gasteiger partial charge in [0.25, 0.3) is 11.8 Å². The fourth-order valence-electron chi connectivity index (χ4n) is 8.90. The Labute approximate surface area is 373 Å². The number of phenolic OH excluding ortho intramolecular Hbond substituents is 1. The number of nitrogens with one attached hydrogen (secondary N) is 3. The Morgan fingerprint density at radius 2 is 1.80 bits per heavy atom. The van der Waals surface area contributed by atoms with Crippen molar-refractivity contribution in [3.63, 3.8) is 0 Å². The Bertz CT molecular complexity index is 2460. The van der Waals surface area contributed by atoms with E-state index in [9.17, 15) is 44.7 Å². The van der Waals surface area contributed by atoms with E-state index in [-0.39, 0.29) is 83.3 Å². The van der Waals surface area contributed by atoms with Crippen molar-refractivity contribution in [1.29, 1.82) is 0 Å². The molecule has 0 spiro atoms. The predicted octanol–water partition coefficient (Wildman–Crippen LogP) is -1.16. The number of ketones is 2. The highest BCUT2D eigenvalue weighted by Gasteiger charge is 2.57. The number of ether oxygens (including phenoxy) is 3. The van der Waals surface area contributed by atoms with Gasteiger partial charge in [0, 0.05) is 79.3 Å². The van der Waals surface area contributed by atoms with Crippen LogP contribution in [-0.2, 0) is 33.7 Å². The highest BCUT2D eigenvalue weighted by molar-refractivity contribution is 6.31. The first kappa shape index (κ1) is 46.4. The number of aliphatic hydroxyl groups is 4. The minimum Gasteiger partial charge on any atom is -0.507 e. The van der Waals surface area contributed by atoms with Crippen LogP contribution in [0.5, 0.6) is 17.2 Å². The van der Waals surface area contributed by atoms with Gasteiger partial charge in [-0.1, -0.05) is 19.1 Å². The molecule has 5 aliphatic rings. The number of rotatable bonds is 15. The number of aryl methyl sites for hydroxylation is 1. The molecular weight excluding hydrogens is 845 g/mol. The lowest BCUT2D eigenvalue weighted by Gasteiger charge is -2.49. The Hall–Kier alpha value is -6.55. The van der Waals surface area contributed by atoms with Gasteiger partial charge < -0.3 is 72.9 Å². The van der Waals surface area contributed by atoms with E-state index >= 15 is 0 Å². The Morgan fingerprint density at radius 3 is 2.43 bits per heavy atom. The SMILES string of the molecule is CCc1c(OC)cc(OC2OC(CO)C(O)(CC(CN3C(=O)C=CC3=O)C3=CCNC(N)=C3)C(O)C2O)c2c1C(=O)c1cc(CCC3=CNC(N)C=C3)c(CNC(N)=NC)c(O)c1C2=O. The zero-order chi connectivity index (χ0) is 46.9. The summed E-state index contributed by atoms with van der Waals surface area (Å²) in [6.45, 7) is 0.780. The van der Waals surface area contributed by atoms with Crippen molar-refractivity contribution in [2.24, 2.45) is 28.1 Å². The largest absolute Gasteiger partial charge is 0.507 e. The summed E-state index contributed by atoms with van der Waals surface area (Å²) in [5.41, 5.74) is 17.3. The minimum atomic E-state index is -2.44. The molecule has 2 aromatic rings. The average molecular weight is 899 g/mol. The van der Waals surface area contributed by atoms with E-state index in [1.807, 2.05) is 6.08 Å². The molecule has 1 aliphatic carbocycles. The number of methoxy groups -OCH3 is 1. The molecule has 0 bridgehead atoms. The molecule has 4 heterocycles. The molecule has 7 unspecified atom stereocenters. The van der Waals surface area contributed by atoms with E-state index in [4.69, 9.17) is 31.4 Å². The summed E-state index contributed by atoms with van der Waals surface area (Å²) in [6, 6.07) is 2.89. The summed E-state index contributed by atoms with van der Waals surface area (Å²) in [6.07, 6.45) is 3.40. The maximum atomic E-state index is 14.9.